The summed E-state index contributed by atoms with van der Waals surface area (Å²) < 4.78 is 32.8. The molecule has 1 N–H and O–H groups in total. The Labute approximate surface area is 185 Å². The van der Waals surface area contributed by atoms with Crippen molar-refractivity contribution in [1.82, 2.24) is 14.2 Å². The van der Waals surface area contributed by atoms with Crippen LogP contribution in [0, 0.1) is 6.92 Å². The lowest BCUT2D eigenvalue weighted by molar-refractivity contribution is -0.115. The zero-order valence-corrected chi connectivity index (χ0v) is 19.0. The number of sulfonamides is 1. The first-order valence-electron chi connectivity index (χ1n) is 9.92. The summed E-state index contributed by atoms with van der Waals surface area (Å²) in [5.41, 5.74) is 1.11. The summed E-state index contributed by atoms with van der Waals surface area (Å²) in [7, 11) is -1.55. The van der Waals surface area contributed by atoms with Crippen LogP contribution in [0.5, 0.6) is 0 Å². The summed E-state index contributed by atoms with van der Waals surface area (Å²) in [5, 5.41) is 4.73. The molecular formula is C21H24N4O4S2. The SMILES string of the molecule is Cc1oc(-c2cccs2)nc1CC(=O)Nc1ccc(S(=O)(=O)N2CCN(C)CC2)cc1. The molecule has 8 nitrogen and oxygen atoms in total. The lowest BCUT2D eigenvalue weighted by atomic mass is 10.2. The van der Waals surface area contributed by atoms with Crippen LogP contribution in [0.25, 0.3) is 10.8 Å². The smallest absolute Gasteiger partial charge is 0.243 e. The Morgan fingerprint density at radius 2 is 1.87 bits per heavy atom. The number of hydrogen-bond donors (Lipinski definition) is 1. The highest BCUT2D eigenvalue weighted by atomic mass is 32.2. The van der Waals surface area contributed by atoms with Gasteiger partial charge >= 0.3 is 0 Å². The molecule has 1 aromatic carbocycles. The molecule has 164 valence electrons. The van der Waals surface area contributed by atoms with Crippen molar-refractivity contribution < 1.29 is 17.6 Å². The van der Waals surface area contributed by atoms with Crippen LogP contribution in [0.2, 0.25) is 0 Å². The van der Waals surface area contributed by atoms with Crippen LogP contribution in [0.3, 0.4) is 0 Å². The van der Waals surface area contributed by atoms with Gasteiger partial charge in [-0.05, 0) is 49.7 Å². The van der Waals surface area contributed by atoms with Crippen LogP contribution >= 0.6 is 11.3 Å². The Morgan fingerprint density at radius 1 is 1.16 bits per heavy atom. The topological polar surface area (TPSA) is 95.8 Å². The first-order valence-corrected chi connectivity index (χ1v) is 12.2. The number of hydrogen-bond acceptors (Lipinski definition) is 7. The molecule has 0 radical (unpaired) electrons. The molecule has 1 aliphatic heterocycles. The average molecular weight is 461 g/mol. The largest absolute Gasteiger partial charge is 0.440 e. The number of piperazine rings is 1. The van der Waals surface area contributed by atoms with Gasteiger partial charge in [0.05, 0.1) is 21.9 Å². The quantitative estimate of drug-likeness (QED) is 0.608. The second-order valence-electron chi connectivity index (χ2n) is 7.46. The fourth-order valence-corrected chi connectivity index (χ4v) is 5.41. The molecule has 31 heavy (non-hydrogen) atoms. The van der Waals surface area contributed by atoms with Crippen molar-refractivity contribution in [2.75, 3.05) is 38.5 Å². The Balaban J connectivity index is 1.39. The molecule has 0 spiro atoms. The Kier molecular flexibility index (Phi) is 6.24. The van der Waals surface area contributed by atoms with Gasteiger partial charge in [-0.3, -0.25) is 4.79 Å². The highest BCUT2D eigenvalue weighted by Gasteiger charge is 2.27. The third kappa shape index (κ3) is 4.87. The van der Waals surface area contributed by atoms with E-state index >= 15 is 0 Å². The minimum absolute atomic E-state index is 0.0715. The first kappa shape index (κ1) is 21.7. The Morgan fingerprint density at radius 3 is 2.52 bits per heavy atom. The zero-order valence-electron chi connectivity index (χ0n) is 17.4. The van der Waals surface area contributed by atoms with Crippen molar-refractivity contribution >= 4 is 33.0 Å². The molecular weight excluding hydrogens is 436 g/mol. The van der Waals surface area contributed by atoms with E-state index in [4.69, 9.17) is 4.42 Å². The van der Waals surface area contributed by atoms with Crippen molar-refractivity contribution in [3.05, 3.63) is 53.2 Å². The summed E-state index contributed by atoms with van der Waals surface area (Å²) in [6.07, 6.45) is 0.0715. The number of carbonyl (C=O) groups is 1. The number of nitrogens with zero attached hydrogens (tertiary/aromatic N) is 3. The Bertz CT molecular complexity index is 1150. The maximum absolute atomic E-state index is 12.8. The lowest BCUT2D eigenvalue weighted by Gasteiger charge is -2.31. The van der Waals surface area contributed by atoms with Crippen LogP contribution in [-0.4, -0.2) is 61.7 Å². The number of rotatable bonds is 6. The van der Waals surface area contributed by atoms with Gasteiger partial charge in [0, 0.05) is 31.9 Å². The zero-order chi connectivity index (χ0) is 22.0. The van der Waals surface area contributed by atoms with Crippen molar-refractivity contribution in [3.63, 3.8) is 0 Å². The van der Waals surface area contributed by atoms with E-state index in [0.717, 1.165) is 4.88 Å². The number of oxazole rings is 1. The molecule has 1 amide bonds. The first-order chi connectivity index (χ1) is 14.8. The van der Waals surface area contributed by atoms with Crippen molar-refractivity contribution in [2.24, 2.45) is 0 Å². The van der Waals surface area contributed by atoms with Gasteiger partial charge < -0.3 is 14.6 Å². The van der Waals surface area contributed by atoms with E-state index in [-0.39, 0.29) is 17.2 Å². The van der Waals surface area contributed by atoms with Gasteiger partial charge in [0.1, 0.15) is 5.76 Å². The minimum Gasteiger partial charge on any atom is -0.440 e. The van der Waals surface area contributed by atoms with Gasteiger partial charge in [0.2, 0.25) is 21.8 Å². The molecule has 10 heteroatoms. The molecule has 0 aliphatic carbocycles. The third-order valence-corrected chi connectivity index (χ3v) is 7.96. The van der Waals surface area contributed by atoms with E-state index < -0.39 is 10.0 Å². The molecule has 4 rings (SSSR count). The van der Waals surface area contributed by atoms with Crippen LogP contribution in [0.15, 0.2) is 51.1 Å². The number of likely N-dealkylation sites (N-methyl/N-ethyl adjacent to an activating group) is 1. The molecule has 3 aromatic rings. The molecule has 0 unspecified atom stereocenters. The predicted octanol–water partition coefficient (Wildman–Crippen LogP) is 2.83. The number of aryl methyl sites for hydroxylation is 1. The number of thiophene rings is 1. The highest BCUT2D eigenvalue weighted by molar-refractivity contribution is 7.89. The molecule has 3 heterocycles. The van der Waals surface area contributed by atoms with E-state index in [9.17, 15) is 13.2 Å². The van der Waals surface area contributed by atoms with Crippen molar-refractivity contribution in [3.8, 4) is 10.8 Å². The maximum Gasteiger partial charge on any atom is 0.243 e. The van der Waals surface area contributed by atoms with Crippen molar-refractivity contribution in [1.29, 1.82) is 0 Å². The molecule has 1 aliphatic rings. The van der Waals surface area contributed by atoms with Gasteiger partial charge in [-0.2, -0.15) is 4.31 Å². The van der Waals surface area contributed by atoms with E-state index in [2.05, 4.69) is 15.2 Å². The van der Waals surface area contributed by atoms with Crippen LogP contribution in [-0.2, 0) is 21.2 Å². The molecule has 1 fully saturated rings. The van der Waals surface area contributed by atoms with Crippen LogP contribution in [0.1, 0.15) is 11.5 Å². The number of anilines is 1. The van der Waals surface area contributed by atoms with Gasteiger partial charge in [-0.25, -0.2) is 13.4 Å². The summed E-state index contributed by atoms with van der Waals surface area (Å²) in [6, 6.07) is 10.1. The molecule has 0 bridgehead atoms. The van der Waals surface area contributed by atoms with Crippen molar-refractivity contribution in [2.45, 2.75) is 18.2 Å². The number of carbonyl (C=O) groups excluding carboxylic acids is 1. The summed E-state index contributed by atoms with van der Waals surface area (Å²) in [4.78, 5) is 20.1. The summed E-state index contributed by atoms with van der Waals surface area (Å²) >= 11 is 1.52. The molecule has 1 saturated heterocycles. The number of benzene rings is 1. The van der Waals surface area contributed by atoms with E-state index in [1.165, 1.54) is 27.8 Å². The fourth-order valence-electron chi connectivity index (χ4n) is 3.34. The van der Waals surface area contributed by atoms with E-state index in [0.29, 0.717) is 49.2 Å². The summed E-state index contributed by atoms with van der Waals surface area (Å²) in [6.45, 7) is 4.15. The lowest BCUT2D eigenvalue weighted by Crippen LogP contribution is -2.46. The van der Waals surface area contributed by atoms with E-state index in [1.54, 1.807) is 19.1 Å². The van der Waals surface area contributed by atoms with Gasteiger partial charge in [0.25, 0.3) is 0 Å². The third-order valence-electron chi connectivity index (χ3n) is 5.19. The average Bonchev–Trinajstić information content (AvgIpc) is 3.39. The minimum atomic E-state index is -3.53. The van der Waals surface area contributed by atoms with Gasteiger partial charge in [-0.15, -0.1) is 11.3 Å². The summed E-state index contributed by atoms with van der Waals surface area (Å²) in [5.74, 6) is 0.865. The molecule has 0 atom stereocenters. The maximum atomic E-state index is 12.8. The molecule has 2 aromatic heterocycles. The van der Waals surface area contributed by atoms with Gasteiger partial charge in [-0.1, -0.05) is 6.07 Å². The second-order valence-corrected chi connectivity index (χ2v) is 10.3. The number of nitrogens with one attached hydrogen (secondary N) is 1. The predicted molar refractivity (Wildman–Crippen MR) is 120 cm³/mol. The van der Waals surface area contributed by atoms with Gasteiger partial charge in [0.15, 0.2) is 0 Å². The molecule has 0 saturated carbocycles. The van der Waals surface area contributed by atoms with Crippen LogP contribution in [0.4, 0.5) is 5.69 Å². The fraction of sp³-hybridized carbons (Fsp3) is 0.333. The Hall–Kier alpha value is -2.53. The normalized spacial score (nSPS) is 15.8. The second kappa shape index (κ2) is 8.91. The monoisotopic (exact) mass is 460 g/mol. The van der Waals surface area contributed by atoms with E-state index in [1.807, 2.05) is 24.6 Å². The number of amides is 1. The number of aromatic nitrogens is 1. The highest BCUT2D eigenvalue weighted by Crippen LogP contribution is 2.26. The standard InChI is InChI=1S/C21H24N4O4S2/c1-15-18(23-21(29-15)19-4-3-13-30-19)14-20(26)22-16-5-7-17(8-6-16)31(27,28)25-11-9-24(2)10-12-25/h3-8,13H,9-12,14H2,1-2H3,(H,22,26). The van der Waals surface area contributed by atoms with Crippen LogP contribution < -0.4 is 5.32 Å².